The lowest BCUT2D eigenvalue weighted by Gasteiger charge is -2.18. The summed E-state index contributed by atoms with van der Waals surface area (Å²) in [5.41, 5.74) is 2.63. The van der Waals surface area contributed by atoms with Gasteiger partial charge in [-0.1, -0.05) is 12.1 Å². The number of rotatable bonds is 3. The molecule has 2 aromatic rings. The van der Waals surface area contributed by atoms with Gasteiger partial charge in [-0.05, 0) is 48.7 Å². The first-order valence-corrected chi connectivity index (χ1v) is 7.41. The van der Waals surface area contributed by atoms with E-state index in [0.717, 1.165) is 29.7 Å². The zero-order valence-corrected chi connectivity index (χ0v) is 12.2. The molecule has 0 aliphatic carbocycles. The molecule has 0 saturated carbocycles. The van der Waals surface area contributed by atoms with E-state index in [1.807, 2.05) is 12.1 Å². The van der Waals surface area contributed by atoms with Crippen LogP contribution in [0, 0.1) is 17.1 Å². The van der Waals surface area contributed by atoms with Crippen molar-refractivity contribution in [2.24, 2.45) is 0 Å². The highest BCUT2D eigenvalue weighted by molar-refractivity contribution is 5.37. The summed E-state index contributed by atoms with van der Waals surface area (Å²) >= 11 is 0. The quantitative estimate of drug-likeness (QED) is 0.939. The molecule has 0 amide bonds. The molecule has 1 heterocycles. The van der Waals surface area contributed by atoms with E-state index in [-0.39, 0.29) is 11.9 Å². The van der Waals surface area contributed by atoms with Crippen molar-refractivity contribution >= 4 is 0 Å². The molecule has 0 saturated heterocycles. The van der Waals surface area contributed by atoms with Gasteiger partial charge in [0.25, 0.3) is 0 Å². The third-order valence-corrected chi connectivity index (χ3v) is 3.88. The lowest BCUT2D eigenvalue weighted by Crippen LogP contribution is -2.20. The topological polar surface area (TPSA) is 45.0 Å². The van der Waals surface area contributed by atoms with E-state index in [1.165, 1.54) is 6.07 Å². The fourth-order valence-electron chi connectivity index (χ4n) is 2.70. The number of hydrogen-bond acceptors (Lipinski definition) is 3. The maximum Gasteiger partial charge on any atom is 0.124 e. The summed E-state index contributed by atoms with van der Waals surface area (Å²) in [5.74, 6) is 0.519. The zero-order valence-electron chi connectivity index (χ0n) is 12.2. The number of benzene rings is 2. The number of hydrogen-bond donors (Lipinski definition) is 1. The Kier molecular flexibility index (Phi) is 4.36. The van der Waals surface area contributed by atoms with Gasteiger partial charge in [0.05, 0.1) is 18.2 Å². The summed E-state index contributed by atoms with van der Waals surface area (Å²) in [6, 6.07) is 14.4. The standard InChI is InChI=1S/C18H17FN2O/c19-15-7-8-18-16(10-15)17(2-1-9-22-18)21-12-14-5-3-13(11-20)4-6-14/h3-8,10,17,21H,1-2,9,12H2. The Morgan fingerprint density at radius 3 is 2.82 bits per heavy atom. The number of nitriles is 1. The van der Waals surface area contributed by atoms with Crippen molar-refractivity contribution in [3.05, 3.63) is 65.0 Å². The van der Waals surface area contributed by atoms with Gasteiger partial charge < -0.3 is 10.1 Å². The molecule has 22 heavy (non-hydrogen) atoms. The average molecular weight is 296 g/mol. The minimum Gasteiger partial charge on any atom is -0.493 e. The normalized spacial score (nSPS) is 17.0. The Bertz CT molecular complexity index is 691. The first-order chi connectivity index (χ1) is 10.8. The van der Waals surface area contributed by atoms with Crippen molar-refractivity contribution in [1.29, 1.82) is 5.26 Å². The lowest BCUT2D eigenvalue weighted by atomic mass is 10.0. The molecule has 1 N–H and O–H groups in total. The Balaban J connectivity index is 1.74. The van der Waals surface area contributed by atoms with Crippen LogP contribution in [0.1, 0.15) is 35.6 Å². The van der Waals surface area contributed by atoms with Gasteiger partial charge in [-0.3, -0.25) is 0 Å². The molecule has 0 spiro atoms. The summed E-state index contributed by atoms with van der Waals surface area (Å²) in [5, 5.41) is 12.3. The smallest absolute Gasteiger partial charge is 0.124 e. The van der Waals surface area contributed by atoms with E-state index < -0.39 is 0 Å². The van der Waals surface area contributed by atoms with Crippen LogP contribution in [0.15, 0.2) is 42.5 Å². The summed E-state index contributed by atoms with van der Waals surface area (Å²) < 4.78 is 19.2. The molecule has 112 valence electrons. The van der Waals surface area contributed by atoms with E-state index in [9.17, 15) is 4.39 Å². The highest BCUT2D eigenvalue weighted by atomic mass is 19.1. The number of fused-ring (bicyclic) bond motifs is 1. The number of ether oxygens (including phenoxy) is 1. The molecule has 4 heteroatoms. The van der Waals surface area contributed by atoms with Crippen LogP contribution in [0.25, 0.3) is 0 Å². The fraction of sp³-hybridized carbons (Fsp3) is 0.278. The van der Waals surface area contributed by atoms with Crippen LogP contribution >= 0.6 is 0 Å². The number of nitrogens with one attached hydrogen (secondary N) is 1. The van der Waals surface area contributed by atoms with Crippen LogP contribution < -0.4 is 10.1 Å². The van der Waals surface area contributed by atoms with E-state index in [4.69, 9.17) is 10.00 Å². The van der Waals surface area contributed by atoms with Crippen LogP contribution in [-0.2, 0) is 6.54 Å². The molecule has 1 unspecified atom stereocenters. The second kappa shape index (κ2) is 6.59. The predicted molar refractivity (Wildman–Crippen MR) is 81.9 cm³/mol. The molecule has 0 radical (unpaired) electrons. The molecule has 2 aromatic carbocycles. The van der Waals surface area contributed by atoms with Crippen LogP contribution in [0.4, 0.5) is 4.39 Å². The third-order valence-electron chi connectivity index (χ3n) is 3.88. The second-order valence-corrected chi connectivity index (χ2v) is 5.42. The van der Waals surface area contributed by atoms with Crippen molar-refractivity contribution < 1.29 is 9.13 Å². The maximum atomic E-state index is 13.5. The molecule has 0 fully saturated rings. The van der Waals surface area contributed by atoms with Crippen LogP contribution in [0.5, 0.6) is 5.75 Å². The minimum atomic E-state index is -0.241. The Morgan fingerprint density at radius 1 is 1.23 bits per heavy atom. The van der Waals surface area contributed by atoms with Gasteiger partial charge in [-0.2, -0.15) is 5.26 Å². The predicted octanol–water partition coefficient (Wildman–Crippen LogP) is 3.70. The Morgan fingerprint density at radius 2 is 2.05 bits per heavy atom. The molecular formula is C18H17FN2O. The first kappa shape index (κ1) is 14.6. The van der Waals surface area contributed by atoms with E-state index in [0.29, 0.717) is 18.7 Å². The van der Waals surface area contributed by atoms with Crippen molar-refractivity contribution in [2.45, 2.75) is 25.4 Å². The van der Waals surface area contributed by atoms with Gasteiger partial charge in [0.2, 0.25) is 0 Å². The van der Waals surface area contributed by atoms with E-state index in [2.05, 4.69) is 11.4 Å². The second-order valence-electron chi connectivity index (χ2n) is 5.42. The lowest BCUT2D eigenvalue weighted by molar-refractivity contribution is 0.315. The van der Waals surface area contributed by atoms with Gasteiger partial charge in [0, 0.05) is 18.2 Å². The summed E-state index contributed by atoms with van der Waals surface area (Å²) in [6.07, 6.45) is 1.84. The summed E-state index contributed by atoms with van der Waals surface area (Å²) in [6.45, 7) is 1.33. The monoisotopic (exact) mass is 296 g/mol. The minimum absolute atomic E-state index is 0.0730. The molecule has 1 aliphatic rings. The first-order valence-electron chi connectivity index (χ1n) is 7.41. The van der Waals surface area contributed by atoms with Gasteiger partial charge in [-0.15, -0.1) is 0 Å². The van der Waals surface area contributed by atoms with Gasteiger partial charge >= 0.3 is 0 Å². The van der Waals surface area contributed by atoms with Gasteiger partial charge in [-0.25, -0.2) is 4.39 Å². The highest BCUT2D eigenvalue weighted by Gasteiger charge is 2.20. The van der Waals surface area contributed by atoms with Crippen molar-refractivity contribution in [3.63, 3.8) is 0 Å². The Labute approximate surface area is 129 Å². The SMILES string of the molecule is N#Cc1ccc(CNC2CCCOc3ccc(F)cc32)cc1. The van der Waals surface area contributed by atoms with Crippen molar-refractivity contribution in [2.75, 3.05) is 6.61 Å². The number of halogens is 1. The molecule has 1 aliphatic heterocycles. The summed E-state index contributed by atoms with van der Waals surface area (Å²) in [7, 11) is 0. The van der Waals surface area contributed by atoms with Crippen molar-refractivity contribution in [1.82, 2.24) is 5.32 Å². The van der Waals surface area contributed by atoms with Gasteiger partial charge in [0.15, 0.2) is 0 Å². The third kappa shape index (κ3) is 3.26. The molecule has 3 nitrogen and oxygen atoms in total. The molecule has 0 aromatic heterocycles. The van der Waals surface area contributed by atoms with E-state index in [1.54, 1.807) is 24.3 Å². The highest BCUT2D eigenvalue weighted by Crippen LogP contribution is 2.32. The molecule has 0 bridgehead atoms. The van der Waals surface area contributed by atoms with Crippen molar-refractivity contribution in [3.8, 4) is 11.8 Å². The van der Waals surface area contributed by atoms with E-state index >= 15 is 0 Å². The largest absolute Gasteiger partial charge is 0.493 e. The average Bonchev–Trinajstić information content (AvgIpc) is 2.75. The maximum absolute atomic E-state index is 13.5. The molecule has 1 atom stereocenters. The Hall–Kier alpha value is -2.38. The molecule has 3 rings (SSSR count). The summed E-state index contributed by atoms with van der Waals surface area (Å²) in [4.78, 5) is 0. The van der Waals surface area contributed by atoms with Crippen LogP contribution in [0.2, 0.25) is 0 Å². The van der Waals surface area contributed by atoms with Crippen LogP contribution in [0.3, 0.4) is 0 Å². The fourth-order valence-corrected chi connectivity index (χ4v) is 2.70. The van der Waals surface area contributed by atoms with Gasteiger partial charge in [0.1, 0.15) is 11.6 Å². The zero-order chi connectivity index (χ0) is 15.4. The number of nitrogens with zero attached hydrogens (tertiary/aromatic N) is 1. The molecular weight excluding hydrogens is 279 g/mol. The van der Waals surface area contributed by atoms with Crippen LogP contribution in [-0.4, -0.2) is 6.61 Å².